The molecule has 3 heterocycles. The first kappa shape index (κ1) is 24.8. The molecule has 2 aromatic rings. The van der Waals surface area contributed by atoms with Crippen molar-refractivity contribution >= 4 is 16.1 Å². The summed E-state index contributed by atoms with van der Waals surface area (Å²) in [6.07, 6.45) is 0.124. The van der Waals surface area contributed by atoms with Crippen LogP contribution in [0.5, 0.6) is 5.75 Å². The summed E-state index contributed by atoms with van der Waals surface area (Å²) in [5.41, 5.74) is -0.0118. The van der Waals surface area contributed by atoms with Gasteiger partial charge in [0.05, 0.1) is 4.90 Å². The molecule has 2 amide bonds. The number of halogens is 3. The highest BCUT2D eigenvalue weighted by atomic mass is 32.2. The molecular weight excluding hydrogens is 501 g/mol. The number of amides is 2. The molecule has 36 heavy (non-hydrogen) atoms. The summed E-state index contributed by atoms with van der Waals surface area (Å²) in [7, 11) is -4.00. The molecule has 1 atom stereocenters. The maximum absolute atomic E-state index is 12.9. The number of alkyl halides is 3. The molecule has 1 saturated carbocycles. The van der Waals surface area contributed by atoms with E-state index in [0.29, 0.717) is 39.0 Å². The lowest BCUT2D eigenvalue weighted by molar-refractivity contribution is -0.274. The summed E-state index contributed by atoms with van der Waals surface area (Å²) in [6.45, 7) is 2.57. The van der Waals surface area contributed by atoms with E-state index in [4.69, 9.17) is 0 Å². The number of H-pyrrole nitrogens is 1. The minimum atomic E-state index is -4.90. The van der Waals surface area contributed by atoms with Crippen molar-refractivity contribution in [1.29, 1.82) is 0 Å². The van der Waals surface area contributed by atoms with Crippen LogP contribution in [0, 0.1) is 5.41 Å². The molecule has 2 saturated heterocycles. The van der Waals surface area contributed by atoms with E-state index in [1.54, 1.807) is 0 Å². The zero-order chi connectivity index (χ0) is 25.6. The minimum Gasteiger partial charge on any atom is -0.406 e. The summed E-state index contributed by atoms with van der Waals surface area (Å²) >= 11 is 0. The molecular formula is C22H27F3N6O4S. The Labute approximate surface area is 206 Å². The van der Waals surface area contributed by atoms with Gasteiger partial charge in [-0.25, -0.2) is 22.9 Å². The maximum atomic E-state index is 12.9. The summed E-state index contributed by atoms with van der Waals surface area (Å²) < 4.78 is 69.4. The Morgan fingerprint density at radius 1 is 1.17 bits per heavy atom. The second-order valence-corrected chi connectivity index (χ2v) is 11.6. The van der Waals surface area contributed by atoms with Crippen LogP contribution in [0.15, 0.2) is 35.5 Å². The lowest BCUT2D eigenvalue weighted by Crippen LogP contribution is -2.62. The van der Waals surface area contributed by atoms with Gasteiger partial charge in [-0.2, -0.15) is 5.10 Å². The molecule has 1 aromatic carbocycles. The minimum absolute atomic E-state index is 0.0118. The molecule has 196 valence electrons. The van der Waals surface area contributed by atoms with Gasteiger partial charge in [0.15, 0.2) is 0 Å². The first-order valence-corrected chi connectivity index (χ1v) is 13.3. The van der Waals surface area contributed by atoms with Crippen molar-refractivity contribution in [3.63, 3.8) is 0 Å². The fraction of sp³-hybridized carbons (Fsp3) is 0.591. The maximum Gasteiger partial charge on any atom is 0.573 e. The standard InChI is InChI=1S/C22H27F3N6O4S/c23-22(24,25)35-17-2-1-3-18(10-17)36(33,34)29-16-4-7-21(8-5-16)12-31(13-21)20(32)30-9-6-15(11-30)19-26-14-27-28-19/h1-3,10,14-16,29H,4-9,11-13H2,(H,26,27,28)/t15-/m0/s1. The van der Waals surface area contributed by atoms with E-state index in [0.717, 1.165) is 37.2 Å². The van der Waals surface area contributed by atoms with Crippen LogP contribution >= 0.6 is 0 Å². The number of rotatable bonds is 5. The van der Waals surface area contributed by atoms with Crippen molar-refractivity contribution in [2.45, 2.75) is 55.3 Å². The number of benzene rings is 1. The molecule has 1 aliphatic carbocycles. The number of ether oxygens (including phenoxy) is 1. The highest BCUT2D eigenvalue weighted by Gasteiger charge is 2.48. The number of carbonyl (C=O) groups is 1. The number of aromatic amines is 1. The highest BCUT2D eigenvalue weighted by molar-refractivity contribution is 7.89. The number of likely N-dealkylation sites (tertiary alicyclic amines) is 2. The zero-order valence-corrected chi connectivity index (χ0v) is 20.2. The van der Waals surface area contributed by atoms with Crippen LogP contribution in [0.25, 0.3) is 0 Å². The van der Waals surface area contributed by atoms with Gasteiger partial charge in [-0.3, -0.25) is 5.10 Å². The number of carbonyl (C=O) groups excluding carboxylic acids is 1. The monoisotopic (exact) mass is 528 g/mol. The molecule has 0 unspecified atom stereocenters. The third-order valence-electron chi connectivity index (χ3n) is 7.32. The Hall–Kier alpha value is -2.87. The Kier molecular flexibility index (Phi) is 6.35. The number of sulfonamides is 1. The number of aromatic nitrogens is 3. The molecule has 3 fully saturated rings. The molecule has 3 aliphatic rings. The van der Waals surface area contributed by atoms with Gasteiger partial charge in [0.2, 0.25) is 10.0 Å². The van der Waals surface area contributed by atoms with Crippen LogP contribution in [0.2, 0.25) is 0 Å². The average molecular weight is 529 g/mol. The average Bonchev–Trinajstić information content (AvgIpc) is 3.49. The highest BCUT2D eigenvalue weighted by Crippen LogP contribution is 2.45. The van der Waals surface area contributed by atoms with Crippen molar-refractivity contribution in [2.24, 2.45) is 5.41 Å². The molecule has 2 N–H and O–H groups in total. The topological polar surface area (TPSA) is 121 Å². The molecule has 0 radical (unpaired) electrons. The summed E-state index contributed by atoms with van der Waals surface area (Å²) in [6, 6.07) is 4.05. The number of hydrogen-bond acceptors (Lipinski definition) is 6. The van der Waals surface area contributed by atoms with Crippen LogP contribution in [-0.4, -0.2) is 78.0 Å². The van der Waals surface area contributed by atoms with Crippen molar-refractivity contribution < 1.29 is 31.1 Å². The first-order valence-electron chi connectivity index (χ1n) is 11.8. The normalized spacial score (nSPS) is 22.6. The van der Waals surface area contributed by atoms with Crippen LogP contribution in [-0.2, 0) is 10.0 Å². The Morgan fingerprint density at radius 2 is 1.92 bits per heavy atom. The molecule has 10 nitrogen and oxygen atoms in total. The van der Waals surface area contributed by atoms with Gasteiger partial charge >= 0.3 is 12.4 Å². The fourth-order valence-electron chi connectivity index (χ4n) is 5.46. The first-order chi connectivity index (χ1) is 17.0. The van der Waals surface area contributed by atoms with Crippen molar-refractivity contribution in [3.8, 4) is 5.75 Å². The van der Waals surface area contributed by atoms with E-state index in [1.807, 2.05) is 9.80 Å². The van der Waals surface area contributed by atoms with Crippen LogP contribution in [0.3, 0.4) is 0 Å². The van der Waals surface area contributed by atoms with Gasteiger partial charge in [-0.15, -0.1) is 13.2 Å². The van der Waals surface area contributed by atoms with E-state index in [-0.39, 0.29) is 28.3 Å². The van der Waals surface area contributed by atoms with E-state index in [2.05, 4.69) is 24.6 Å². The number of nitrogens with zero attached hydrogens (tertiary/aromatic N) is 4. The van der Waals surface area contributed by atoms with E-state index in [9.17, 15) is 26.4 Å². The number of hydrogen-bond donors (Lipinski definition) is 2. The van der Waals surface area contributed by atoms with Gasteiger partial charge in [0.1, 0.15) is 17.9 Å². The SMILES string of the molecule is O=C(N1CC[C@H](c2ncn[nH]2)C1)N1CC2(CCC(NS(=O)(=O)c3cccc(OC(F)(F)F)c3)CC2)C1. The smallest absolute Gasteiger partial charge is 0.406 e. The number of urea groups is 1. The summed E-state index contributed by atoms with van der Waals surface area (Å²) in [5.74, 6) is 0.374. The Bertz CT molecular complexity index is 1190. The van der Waals surface area contributed by atoms with E-state index >= 15 is 0 Å². The Balaban J connectivity index is 1.11. The van der Waals surface area contributed by atoms with Gasteiger partial charge in [0, 0.05) is 49.6 Å². The van der Waals surface area contributed by atoms with E-state index in [1.165, 1.54) is 18.5 Å². The molecule has 14 heteroatoms. The van der Waals surface area contributed by atoms with Crippen LogP contribution < -0.4 is 9.46 Å². The van der Waals surface area contributed by atoms with Crippen LogP contribution in [0.4, 0.5) is 18.0 Å². The zero-order valence-electron chi connectivity index (χ0n) is 19.4. The predicted octanol–water partition coefficient (Wildman–Crippen LogP) is 2.84. The lowest BCUT2D eigenvalue weighted by atomic mass is 9.67. The molecule has 1 spiro atoms. The van der Waals surface area contributed by atoms with Gasteiger partial charge in [0.25, 0.3) is 0 Å². The second kappa shape index (κ2) is 9.21. The molecule has 0 bridgehead atoms. The largest absolute Gasteiger partial charge is 0.573 e. The van der Waals surface area contributed by atoms with Crippen LogP contribution in [0.1, 0.15) is 43.8 Å². The van der Waals surface area contributed by atoms with Crippen molar-refractivity contribution in [1.82, 2.24) is 29.7 Å². The number of nitrogens with one attached hydrogen (secondary N) is 2. The summed E-state index contributed by atoms with van der Waals surface area (Å²) in [4.78, 5) is 20.5. The molecule has 5 rings (SSSR count). The molecule has 2 aliphatic heterocycles. The van der Waals surface area contributed by atoms with Gasteiger partial charge in [-0.1, -0.05) is 6.07 Å². The third kappa shape index (κ3) is 5.28. The second-order valence-electron chi connectivity index (χ2n) is 9.86. The third-order valence-corrected chi connectivity index (χ3v) is 8.84. The Morgan fingerprint density at radius 3 is 2.58 bits per heavy atom. The predicted molar refractivity (Wildman–Crippen MR) is 120 cm³/mol. The quantitative estimate of drug-likeness (QED) is 0.616. The fourth-order valence-corrected chi connectivity index (χ4v) is 6.80. The van der Waals surface area contributed by atoms with Gasteiger partial charge in [-0.05, 0) is 44.2 Å². The van der Waals surface area contributed by atoms with Gasteiger partial charge < -0.3 is 14.5 Å². The van der Waals surface area contributed by atoms with E-state index < -0.39 is 22.1 Å². The lowest BCUT2D eigenvalue weighted by Gasteiger charge is -2.54. The molecule has 1 aromatic heterocycles. The van der Waals surface area contributed by atoms with Crippen molar-refractivity contribution in [2.75, 3.05) is 26.2 Å². The van der Waals surface area contributed by atoms with Crippen molar-refractivity contribution in [3.05, 3.63) is 36.4 Å². The summed E-state index contributed by atoms with van der Waals surface area (Å²) in [5, 5.41) is 6.75.